The molecule has 172 valence electrons. The summed E-state index contributed by atoms with van der Waals surface area (Å²) in [5, 5.41) is 30.7. The van der Waals surface area contributed by atoms with Crippen LogP contribution in [0, 0.1) is 22.7 Å². The lowest BCUT2D eigenvalue weighted by Crippen LogP contribution is -2.26. The van der Waals surface area contributed by atoms with Crippen molar-refractivity contribution >= 4 is 49.9 Å². The van der Waals surface area contributed by atoms with Gasteiger partial charge in [0.2, 0.25) is 11.1 Å². The normalized spacial score (nSPS) is 15.7. The van der Waals surface area contributed by atoms with E-state index >= 15 is 0 Å². The van der Waals surface area contributed by atoms with Gasteiger partial charge in [-0.2, -0.15) is 5.26 Å². The average Bonchev–Trinajstić information content (AvgIpc) is 3.36. The number of aromatic amines is 1. The maximum atomic E-state index is 12.6. The number of nitriles is 1. The van der Waals surface area contributed by atoms with Crippen LogP contribution in [0.25, 0.3) is 11.4 Å². The van der Waals surface area contributed by atoms with Gasteiger partial charge in [0.15, 0.2) is 5.82 Å². The Morgan fingerprint density at radius 3 is 2.97 bits per heavy atom. The van der Waals surface area contributed by atoms with Crippen molar-refractivity contribution in [1.82, 2.24) is 15.2 Å². The van der Waals surface area contributed by atoms with Crippen molar-refractivity contribution in [2.75, 3.05) is 11.1 Å². The second-order valence-corrected chi connectivity index (χ2v) is 12.1. The zero-order valence-corrected chi connectivity index (χ0v) is 21.7. The van der Waals surface area contributed by atoms with Crippen molar-refractivity contribution in [3.8, 4) is 23.2 Å². The molecule has 1 atom stereocenters. The number of aromatic nitrogens is 3. The number of nitrogens with zero attached hydrogens (tertiary/aromatic N) is 3. The molecule has 3 aromatic rings. The summed E-state index contributed by atoms with van der Waals surface area (Å²) in [7, 11) is 0. The number of aromatic hydroxyl groups is 1. The van der Waals surface area contributed by atoms with Crippen LogP contribution in [-0.2, 0) is 17.6 Å². The molecular weight excluding hydrogens is 522 g/mol. The van der Waals surface area contributed by atoms with E-state index in [1.807, 2.05) is 0 Å². The highest BCUT2D eigenvalue weighted by Crippen LogP contribution is 2.44. The number of nitrogens with one attached hydrogen (secondary N) is 2. The maximum Gasteiger partial charge on any atom is 0.235 e. The molecule has 0 saturated carbocycles. The van der Waals surface area contributed by atoms with Gasteiger partial charge in [-0.3, -0.25) is 9.89 Å². The highest BCUT2D eigenvalue weighted by molar-refractivity contribution is 9.10. The fourth-order valence-corrected chi connectivity index (χ4v) is 6.21. The third-order valence-corrected chi connectivity index (χ3v) is 8.38. The van der Waals surface area contributed by atoms with Gasteiger partial charge in [0, 0.05) is 9.35 Å². The van der Waals surface area contributed by atoms with E-state index in [1.165, 1.54) is 28.0 Å². The van der Waals surface area contributed by atoms with Crippen molar-refractivity contribution in [1.29, 1.82) is 5.26 Å². The van der Waals surface area contributed by atoms with Gasteiger partial charge in [-0.05, 0) is 54.4 Å². The maximum absolute atomic E-state index is 12.6. The van der Waals surface area contributed by atoms with Gasteiger partial charge in [-0.25, -0.2) is 4.98 Å². The number of thioether (sulfide) groups is 1. The Labute approximate surface area is 209 Å². The first kappa shape index (κ1) is 23.8. The monoisotopic (exact) mass is 545 g/mol. The van der Waals surface area contributed by atoms with E-state index in [-0.39, 0.29) is 22.8 Å². The van der Waals surface area contributed by atoms with Gasteiger partial charge < -0.3 is 10.4 Å². The first-order valence-electron chi connectivity index (χ1n) is 10.5. The first-order valence-corrected chi connectivity index (χ1v) is 13.1. The first-order chi connectivity index (χ1) is 15.7. The predicted molar refractivity (Wildman–Crippen MR) is 135 cm³/mol. The van der Waals surface area contributed by atoms with Crippen LogP contribution in [0.15, 0.2) is 27.8 Å². The molecule has 0 spiro atoms. The van der Waals surface area contributed by atoms with Crippen molar-refractivity contribution in [2.24, 2.45) is 11.3 Å². The van der Waals surface area contributed by atoms with Gasteiger partial charge >= 0.3 is 0 Å². The van der Waals surface area contributed by atoms with Gasteiger partial charge in [-0.1, -0.05) is 48.5 Å². The molecule has 0 fully saturated rings. The Morgan fingerprint density at radius 2 is 2.24 bits per heavy atom. The van der Waals surface area contributed by atoms with Gasteiger partial charge in [-0.15, -0.1) is 16.4 Å². The van der Waals surface area contributed by atoms with E-state index in [9.17, 15) is 15.2 Å². The number of H-pyrrole nitrogens is 1. The van der Waals surface area contributed by atoms with Crippen molar-refractivity contribution in [3.05, 3.63) is 38.7 Å². The van der Waals surface area contributed by atoms with Crippen molar-refractivity contribution < 1.29 is 9.90 Å². The van der Waals surface area contributed by atoms with Crippen LogP contribution in [0.4, 0.5) is 5.00 Å². The molecule has 1 aliphatic rings. The molecule has 4 rings (SSSR count). The topological polar surface area (TPSA) is 115 Å². The molecule has 0 saturated heterocycles. The largest absolute Gasteiger partial charge is 0.507 e. The quantitative estimate of drug-likeness (QED) is 0.351. The van der Waals surface area contributed by atoms with Crippen LogP contribution >= 0.6 is 39.0 Å². The number of amides is 1. The summed E-state index contributed by atoms with van der Waals surface area (Å²) in [5.41, 5.74) is 2.44. The molecule has 2 heterocycles. The van der Waals surface area contributed by atoms with Crippen LogP contribution in [0.5, 0.6) is 5.75 Å². The summed E-state index contributed by atoms with van der Waals surface area (Å²) >= 11 is 6.09. The molecule has 7 nitrogen and oxygen atoms in total. The van der Waals surface area contributed by atoms with Crippen LogP contribution in [0.3, 0.4) is 0 Å². The second-order valence-electron chi connectivity index (χ2n) is 9.09. The van der Waals surface area contributed by atoms with Crippen LogP contribution in [-0.4, -0.2) is 31.9 Å². The minimum Gasteiger partial charge on any atom is -0.507 e. The highest BCUT2D eigenvalue weighted by atomic mass is 79.9. The standard InChI is InChI=1S/C23H24BrN5O2S2/c1-23(2,3)12-4-6-14-16(10-25)21(33-18(14)8-12)26-19(31)11-32-22-27-20(28-29-22)15-9-13(24)5-7-17(15)30/h5,7,9,12,30H,4,6,8,11H2,1-3H3,(H,26,31)(H,27,28,29)/t12-/m0/s1. The number of phenolic OH excluding ortho intramolecular Hbond substituents is 1. The Hall–Kier alpha value is -2.35. The number of hydrogen-bond donors (Lipinski definition) is 3. The molecule has 1 aliphatic carbocycles. The van der Waals surface area contributed by atoms with E-state index in [2.05, 4.69) is 63.3 Å². The summed E-state index contributed by atoms with van der Waals surface area (Å²) in [6.07, 6.45) is 2.89. The molecule has 3 N–H and O–H groups in total. The number of hydrogen-bond acceptors (Lipinski definition) is 7. The molecular formula is C23H24BrN5O2S2. The zero-order chi connectivity index (χ0) is 23.8. The number of halogens is 1. The lowest BCUT2D eigenvalue weighted by molar-refractivity contribution is -0.113. The Balaban J connectivity index is 1.41. The second kappa shape index (κ2) is 9.49. The van der Waals surface area contributed by atoms with E-state index in [4.69, 9.17) is 0 Å². The van der Waals surface area contributed by atoms with E-state index < -0.39 is 0 Å². The molecule has 1 amide bonds. The number of benzene rings is 1. The lowest BCUT2D eigenvalue weighted by Gasteiger charge is -2.33. The number of carbonyl (C=O) groups is 1. The van der Waals surface area contributed by atoms with Crippen LogP contribution < -0.4 is 5.32 Å². The molecule has 33 heavy (non-hydrogen) atoms. The molecule has 0 unspecified atom stereocenters. The third kappa shape index (κ3) is 5.26. The Morgan fingerprint density at radius 1 is 1.45 bits per heavy atom. The molecule has 0 aliphatic heterocycles. The third-order valence-electron chi connectivity index (χ3n) is 5.87. The van der Waals surface area contributed by atoms with Gasteiger partial charge in [0.1, 0.15) is 16.8 Å². The predicted octanol–water partition coefficient (Wildman–Crippen LogP) is 5.75. The highest BCUT2D eigenvalue weighted by Gasteiger charge is 2.32. The molecule has 10 heteroatoms. The van der Waals surface area contributed by atoms with E-state index in [0.29, 0.717) is 33.0 Å². The summed E-state index contributed by atoms with van der Waals surface area (Å²) in [6.45, 7) is 6.77. The Bertz CT molecular complexity index is 1240. The minimum atomic E-state index is -0.209. The smallest absolute Gasteiger partial charge is 0.235 e. The number of rotatable bonds is 5. The Kier molecular flexibility index (Phi) is 6.84. The van der Waals surface area contributed by atoms with E-state index in [1.54, 1.807) is 18.2 Å². The number of phenols is 1. The minimum absolute atomic E-state index is 0.0861. The van der Waals surface area contributed by atoms with Gasteiger partial charge in [0.05, 0.1) is 16.9 Å². The summed E-state index contributed by atoms with van der Waals surface area (Å²) in [6, 6.07) is 7.34. The lowest BCUT2D eigenvalue weighted by atomic mass is 9.72. The molecule has 2 aromatic heterocycles. The molecule has 0 radical (unpaired) electrons. The zero-order valence-electron chi connectivity index (χ0n) is 18.5. The summed E-state index contributed by atoms with van der Waals surface area (Å²) in [4.78, 5) is 18.2. The fraction of sp³-hybridized carbons (Fsp3) is 0.391. The number of carbonyl (C=O) groups excluding carboxylic acids is 1. The number of thiophene rings is 1. The SMILES string of the molecule is CC(C)(C)[C@H]1CCc2c(sc(NC(=O)CSc3n[nH]c(-c4cc(Br)ccc4O)n3)c2C#N)C1. The number of anilines is 1. The molecule has 1 aromatic carbocycles. The summed E-state index contributed by atoms with van der Waals surface area (Å²) in [5.74, 6) is 0.976. The van der Waals surface area contributed by atoms with Gasteiger partial charge in [0.25, 0.3) is 0 Å². The van der Waals surface area contributed by atoms with Crippen LogP contribution in [0.2, 0.25) is 0 Å². The van der Waals surface area contributed by atoms with Crippen molar-refractivity contribution in [3.63, 3.8) is 0 Å². The summed E-state index contributed by atoms with van der Waals surface area (Å²) < 4.78 is 0.807. The fourth-order valence-electron chi connectivity index (χ4n) is 3.95. The van der Waals surface area contributed by atoms with E-state index in [0.717, 1.165) is 29.3 Å². The van der Waals surface area contributed by atoms with Crippen LogP contribution in [0.1, 0.15) is 43.2 Å². The molecule has 0 bridgehead atoms. The number of fused-ring (bicyclic) bond motifs is 1. The van der Waals surface area contributed by atoms with Crippen molar-refractivity contribution in [2.45, 2.75) is 45.2 Å². The average molecular weight is 547 g/mol.